The topological polar surface area (TPSA) is 80.0 Å². The van der Waals surface area contributed by atoms with E-state index in [0.29, 0.717) is 17.1 Å². The molecule has 7 heteroatoms. The summed E-state index contributed by atoms with van der Waals surface area (Å²) in [5.41, 5.74) is 1.29. The molecule has 0 bridgehead atoms. The van der Waals surface area contributed by atoms with E-state index in [1.807, 2.05) is 38.3 Å². The summed E-state index contributed by atoms with van der Waals surface area (Å²) < 4.78 is 11.3. The van der Waals surface area contributed by atoms with Crippen LogP contribution in [0.1, 0.15) is 41.7 Å². The Morgan fingerprint density at radius 2 is 2.03 bits per heavy atom. The maximum atomic E-state index is 13.0. The summed E-state index contributed by atoms with van der Waals surface area (Å²) in [5, 5.41) is 13.0. The van der Waals surface area contributed by atoms with Crippen LogP contribution in [0.5, 0.6) is 5.75 Å². The molecule has 31 heavy (non-hydrogen) atoms. The number of rotatable bonds is 6. The third-order valence-electron chi connectivity index (χ3n) is 5.07. The number of carbonyl (C=O) groups is 2. The Morgan fingerprint density at radius 3 is 2.65 bits per heavy atom. The Labute approximate surface area is 184 Å². The second-order valence-corrected chi connectivity index (χ2v) is 8.70. The van der Waals surface area contributed by atoms with Crippen molar-refractivity contribution in [2.24, 2.45) is 0 Å². The van der Waals surface area contributed by atoms with Crippen LogP contribution >= 0.6 is 11.3 Å². The van der Waals surface area contributed by atoms with Crippen LogP contribution in [0.4, 0.5) is 0 Å². The lowest BCUT2D eigenvalue weighted by molar-refractivity contribution is -0.140. The van der Waals surface area contributed by atoms with Crippen LogP contribution < -0.4 is 4.74 Å². The predicted octanol–water partition coefficient (Wildman–Crippen LogP) is 5.06. The number of benzene rings is 1. The van der Waals surface area contributed by atoms with Gasteiger partial charge in [-0.15, -0.1) is 11.3 Å². The zero-order valence-corrected chi connectivity index (χ0v) is 18.3. The van der Waals surface area contributed by atoms with E-state index in [0.717, 1.165) is 10.4 Å². The first-order valence-electron chi connectivity index (χ1n) is 9.98. The number of likely N-dealkylation sites (tertiary alicyclic amines) is 1. The van der Waals surface area contributed by atoms with E-state index in [9.17, 15) is 14.7 Å². The number of ether oxygens (including phenoxy) is 1. The quantitative estimate of drug-likeness (QED) is 0.331. The third kappa shape index (κ3) is 4.01. The van der Waals surface area contributed by atoms with Crippen molar-refractivity contribution in [3.8, 4) is 5.75 Å². The fraction of sp³-hybridized carbons (Fsp3) is 0.250. The fourth-order valence-corrected chi connectivity index (χ4v) is 4.40. The van der Waals surface area contributed by atoms with E-state index in [1.54, 1.807) is 30.3 Å². The van der Waals surface area contributed by atoms with Gasteiger partial charge in [-0.2, -0.15) is 0 Å². The van der Waals surface area contributed by atoms with Gasteiger partial charge in [0.15, 0.2) is 0 Å². The summed E-state index contributed by atoms with van der Waals surface area (Å²) in [4.78, 5) is 28.3. The Bertz CT molecular complexity index is 1130. The first kappa shape index (κ1) is 20.9. The third-order valence-corrected chi connectivity index (χ3v) is 5.93. The molecule has 0 radical (unpaired) electrons. The van der Waals surface area contributed by atoms with Crippen molar-refractivity contribution in [2.75, 3.05) is 0 Å². The molecule has 2 aromatic heterocycles. The van der Waals surface area contributed by atoms with Crippen molar-refractivity contribution < 1.29 is 23.8 Å². The molecule has 0 saturated carbocycles. The van der Waals surface area contributed by atoms with E-state index in [4.69, 9.17) is 9.15 Å². The molecular formula is C24H23NO5S. The molecule has 0 spiro atoms. The summed E-state index contributed by atoms with van der Waals surface area (Å²) in [6.07, 6.45) is 1.50. The maximum Gasteiger partial charge on any atom is 0.296 e. The van der Waals surface area contributed by atoms with Gasteiger partial charge in [-0.1, -0.05) is 6.07 Å². The van der Waals surface area contributed by atoms with Crippen LogP contribution in [0.25, 0.3) is 5.76 Å². The highest BCUT2D eigenvalue weighted by atomic mass is 32.1. The highest BCUT2D eigenvalue weighted by Crippen LogP contribution is 2.41. The molecule has 3 aromatic rings. The lowest BCUT2D eigenvalue weighted by Crippen LogP contribution is -2.28. The van der Waals surface area contributed by atoms with Gasteiger partial charge in [-0.3, -0.25) is 9.59 Å². The van der Waals surface area contributed by atoms with E-state index in [-0.39, 0.29) is 24.0 Å². The Kier molecular flexibility index (Phi) is 5.69. The van der Waals surface area contributed by atoms with Gasteiger partial charge in [0, 0.05) is 10.4 Å². The standard InChI is InChI=1S/C24H23NO5S/c1-14(2)30-18-9-8-16(12-15(18)3)22(26)20-21(19-7-4-10-29-19)25(24(28)23(20)27)13-17-6-5-11-31-17/h4-12,14,21,26H,13H2,1-3H3/b22-20-. The van der Waals surface area contributed by atoms with Gasteiger partial charge in [-0.05, 0) is 68.1 Å². The fourth-order valence-electron chi connectivity index (χ4n) is 3.69. The number of carbonyl (C=O) groups excluding carboxylic acids is 2. The number of nitrogens with zero attached hydrogens (tertiary/aromatic N) is 1. The zero-order valence-electron chi connectivity index (χ0n) is 17.5. The molecule has 1 amide bonds. The molecule has 1 aromatic carbocycles. The summed E-state index contributed by atoms with van der Waals surface area (Å²) >= 11 is 1.50. The molecule has 160 valence electrons. The lowest BCUT2D eigenvalue weighted by atomic mass is 9.98. The van der Waals surface area contributed by atoms with E-state index >= 15 is 0 Å². The molecule has 1 aliphatic rings. The molecule has 1 fully saturated rings. The van der Waals surface area contributed by atoms with Crippen LogP contribution in [0.3, 0.4) is 0 Å². The van der Waals surface area contributed by atoms with Crippen LogP contribution in [0.2, 0.25) is 0 Å². The van der Waals surface area contributed by atoms with Gasteiger partial charge in [0.05, 0.1) is 24.5 Å². The van der Waals surface area contributed by atoms with Gasteiger partial charge in [-0.25, -0.2) is 0 Å². The van der Waals surface area contributed by atoms with E-state index in [1.165, 1.54) is 22.5 Å². The molecule has 1 aliphatic heterocycles. The van der Waals surface area contributed by atoms with Crippen molar-refractivity contribution >= 4 is 28.8 Å². The number of aliphatic hydroxyl groups excluding tert-OH is 1. The summed E-state index contributed by atoms with van der Waals surface area (Å²) in [7, 11) is 0. The molecule has 1 saturated heterocycles. The van der Waals surface area contributed by atoms with Crippen molar-refractivity contribution in [1.82, 2.24) is 4.90 Å². The van der Waals surface area contributed by atoms with Crippen LogP contribution in [0.15, 0.2) is 64.1 Å². The first-order valence-corrected chi connectivity index (χ1v) is 10.9. The monoisotopic (exact) mass is 437 g/mol. The SMILES string of the molecule is Cc1cc(/C(O)=C2/C(=O)C(=O)N(Cc3cccs3)C2c2ccco2)ccc1OC(C)C. The highest BCUT2D eigenvalue weighted by Gasteiger charge is 2.47. The van der Waals surface area contributed by atoms with E-state index < -0.39 is 17.7 Å². The minimum atomic E-state index is -0.802. The van der Waals surface area contributed by atoms with Crippen LogP contribution in [-0.2, 0) is 16.1 Å². The van der Waals surface area contributed by atoms with Crippen LogP contribution in [-0.4, -0.2) is 27.8 Å². The molecule has 0 aliphatic carbocycles. The van der Waals surface area contributed by atoms with Gasteiger partial charge in [0.25, 0.3) is 11.7 Å². The molecule has 1 atom stereocenters. The van der Waals surface area contributed by atoms with Crippen molar-refractivity contribution in [1.29, 1.82) is 0 Å². The molecule has 3 heterocycles. The van der Waals surface area contributed by atoms with Crippen molar-refractivity contribution in [3.63, 3.8) is 0 Å². The summed E-state index contributed by atoms with van der Waals surface area (Å²) in [6.45, 7) is 6.00. The Hall–Kier alpha value is -3.32. The maximum absolute atomic E-state index is 13.0. The normalized spacial score (nSPS) is 18.2. The minimum absolute atomic E-state index is 0.0136. The second-order valence-electron chi connectivity index (χ2n) is 7.67. The van der Waals surface area contributed by atoms with E-state index in [2.05, 4.69) is 0 Å². The van der Waals surface area contributed by atoms with Crippen molar-refractivity contribution in [2.45, 2.75) is 39.5 Å². The number of hydrogen-bond acceptors (Lipinski definition) is 6. The van der Waals surface area contributed by atoms with Gasteiger partial charge >= 0.3 is 0 Å². The van der Waals surface area contributed by atoms with Crippen LogP contribution in [0, 0.1) is 6.92 Å². The Morgan fingerprint density at radius 1 is 1.23 bits per heavy atom. The number of ketones is 1. The van der Waals surface area contributed by atoms with Gasteiger partial charge in [0.2, 0.25) is 0 Å². The zero-order chi connectivity index (χ0) is 22.1. The highest BCUT2D eigenvalue weighted by molar-refractivity contribution is 7.09. The number of furan rings is 1. The lowest BCUT2D eigenvalue weighted by Gasteiger charge is -2.22. The number of aryl methyl sites for hydroxylation is 1. The molecule has 1 unspecified atom stereocenters. The molecule has 1 N–H and O–H groups in total. The Balaban J connectivity index is 1.79. The average molecular weight is 438 g/mol. The average Bonchev–Trinajstić information content (AvgIpc) is 3.48. The molecular weight excluding hydrogens is 414 g/mol. The molecule has 6 nitrogen and oxygen atoms in total. The van der Waals surface area contributed by atoms with Gasteiger partial charge < -0.3 is 19.2 Å². The number of aliphatic hydroxyl groups is 1. The summed E-state index contributed by atoms with van der Waals surface area (Å²) in [6, 6.07) is 11.6. The molecule has 4 rings (SSSR count). The minimum Gasteiger partial charge on any atom is -0.507 e. The second kappa shape index (κ2) is 8.43. The summed E-state index contributed by atoms with van der Waals surface area (Å²) in [5.74, 6) is -0.489. The van der Waals surface area contributed by atoms with Gasteiger partial charge in [0.1, 0.15) is 23.3 Å². The van der Waals surface area contributed by atoms with Crippen molar-refractivity contribution in [3.05, 3.63) is 81.4 Å². The number of hydrogen-bond donors (Lipinski definition) is 1. The number of amides is 1. The predicted molar refractivity (Wildman–Crippen MR) is 118 cm³/mol. The first-order chi connectivity index (χ1) is 14.9. The largest absolute Gasteiger partial charge is 0.507 e. The smallest absolute Gasteiger partial charge is 0.296 e. The number of Topliss-reactive ketones (excluding diaryl/α,β-unsaturated/α-hetero) is 1. The number of thiophene rings is 1.